The molecule has 0 amide bonds. The van der Waals surface area contributed by atoms with Crippen molar-refractivity contribution in [3.63, 3.8) is 0 Å². The molecule has 0 aromatic carbocycles. The number of nitrogens with one attached hydrogen (secondary N) is 1. The van der Waals surface area contributed by atoms with E-state index in [1.807, 2.05) is 6.92 Å². The fourth-order valence-electron chi connectivity index (χ4n) is 2.86. The molecular formula is C14H22N2O3. The highest BCUT2D eigenvalue weighted by atomic mass is 16.5. The molecule has 0 bridgehead atoms. The van der Waals surface area contributed by atoms with Gasteiger partial charge >= 0.3 is 0 Å². The predicted octanol–water partition coefficient (Wildman–Crippen LogP) is 2.23. The molecule has 1 aromatic rings. The maximum atomic E-state index is 12.0. The minimum Gasteiger partial charge on any atom is -0.493 e. The van der Waals surface area contributed by atoms with Gasteiger partial charge in [-0.05, 0) is 19.3 Å². The van der Waals surface area contributed by atoms with Gasteiger partial charge in [0.2, 0.25) is 5.88 Å². The van der Waals surface area contributed by atoms with Crippen LogP contribution in [-0.2, 0) is 16.8 Å². The lowest BCUT2D eigenvalue weighted by Crippen LogP contribution is -2.33. The number of ether oxygens (including phenoxy) is 1. The van der Waals surface area contributed by atoms with E-state index >= 15 is 0 Å². The Bertz CT molecular complexity index is 488. The van der Waals surface area contributed by atoms with Crippen LogP contribution in [0.1, 0.15) is 56.8 Å². The van der Waals surface area contributed by atoms with E-state index in [0.29, 0.717) is 17.8 Å². The average Bonchev–Trinajstić information content (AvgIpc) is 2.64. The zero-order chi connectivity index (χ0) is 13.9. The van der Waals surface area contributed by atoms with Crippen LogP contribution in [0.4, 0.5) is 0 Å². The van der Waals surface area contributed by atoms with Crippen molar-refractivity contribution in [1.29, 1.82) is 0 Å². The predicted molar refractivity (Wildman–Crippen MR) is 72.3 cm³/mol. The Morgan fingerprint density at radius 2 is 1.95 bits per heavy atom. The number of aromatic nitrogens is 2. The summed E-state index contributed by atoms with van der Waals surface area (Å²) in [5, 5.41) is 9.90. The van der Waals surface area contributed by atoms with Gasteiger partial charge in [-0.25, -0.2) is 0 Å². The zero-order valence-electron chi connectivity index (χ0n) is 11.7. The Labute approximate surface area is 113 Å². The van der Waals surface area contributed by atoms with Crippen LogP contribution in [0.5, 0.6) is 5.88 Å². The molecule has 5 heteroatoms. The molecule has 19 heavy (non-hydrogen) atoms. The minimum atomic E-state index is -0.556. The monoisotopic (exact) mass is 266 g/mol. The van der Waals surface area contributed by atoms with Crippen molar-refractivity contribution in [3.8, 4) is 5.88 Å². The van der Waals surface area contributed by atoms with Gasteiger partial charge in [0.1, 0.15) is 11.4 Å². The van der Waals surface area contributed by atoms with Crippen LogP contribution in [0.25, 0.3) is 0 Å². The third-order valence-electron chi connectivity index (χ3n) is 4.08. The molecule has 0 radical (unpaired) electrons. The molecule has 5 nitrogen and oxygen atoms in total. The highest BCUT2D eigenvalue weighted by Gasteiger charge is 2.36. The van der Waals surface area contributed by atoms with Crippen LogP contribution in [0.3, 0.4) is 0 Å². The Morgan fingerprint density at radius 3 is 2.42 bits per heavy atom. The lowest BCUT2D eigenvalue weighted by molar-refractivity contribution is -0.0357. The Kier molecular flexibility index (Phi) is 4.24. The molecule has 106 valence electrons. The molecule has 1 fully saturated rings. The van der Waals surface area contributed by atoms with Crippen molar-refractivity contribution in [2.24, 2.45) is 0 Å². The first-order valence-corrected chi connectivity index (χ1v) is 7.01. The van der Waals surface area contributed by atoms with Crippen molar-refractivity contribution in [1.82, 2.24) is 9.97 Å². The van der Waals surface area contributed by atoms with Gasteiger partial charge < -0.3 is 14.8 Å². The van der Waals surface area contributed by atoms with E-state index in [0.717, 1.165) is 25.7 Å². The third kappa shape index (κ3) is 2.66. The van der Waals surface area contributed by atoms with Crippen LogP contribution < -0.4 is 5.56 Å². The van der Waals surface area contributed by atoms with Crippen molar-refractivity contribution in [3.05, 3.63) is 21.7 Å². The molecule has 0 aliphatic heterocycles. The maximum absolute atomic E-state index is 12.0. The fraction of sp³-hybridized carbons (Fsp3) is 0.714. The summed E-state index contributed by atoms with van der Waals surface area (Å²) in [6.45, 7) is 1.82. The number of nitrogens with zero attached hydrogens (tertiary/aromatic N) is 1. The Balaban J connectivity index is 2.46. The fourth-order valence-corrected chi connectivity index (χ4v) is 2.86. The molecule has 1 aliphatic carbocycles. The van der Waals surface area contributed by atoms with Crippen LogP contribution >= 0.6 is 0 Å². The molecule has 1 aromatic heterocycles. The summed E-state index contributed by atoms with van der Waals surface area (Å²) in [6.07, 6.45) is 6.58. The van der Waals surface area contributed by atoms with Gasteiger partial charge in [-0.1, -0.05) is 32.6 Å². The molecule has 1 heterocycles. The standard InChI is InChI=1S/C14H22N2O3/c1-3-10-11(17)15-13(16-12(10)18)14(19-2)8-6-4-5-7-9-14/h3-9H2,1-2H3,(H2,15,16,17,18). The summed E-state index contributed by atoms with van der Waals surface area (Å²) < 4.78 is 5.68. The molecular weight excluding hydrogens is 244 g/mol. The SMILES string of the molecule is CCc1c(O)nc(C2(OC)CCCCCC2)[nH]c1=O. The van der Waals surface area contributed by atoms with Crippen molar-refractivity contribution in [2.45, 2.75) is 57.5 Å². The molecule has 1 aliphatic rings. The lowest BCUT2D eigenvalue weighted by atomic mass is 9.93. The van der Waals surface area contributed by atoms with E-state index in [2.05, 4.69) is 9.97 Å². The first-order valence-electron chi connectivity index (χ1n) is 7.01. The van der Waals surface area contributed by atoms with Crippen LogP contribution in [0, 0.1) is 0 Å². The van der Waals surface area contributed by atoms with Crippen LogP contribution in [0.15, 0.2) is 4.79 Å². The van der Waals surface area contributed by atoms with Crippen molar-refractivity contribution >= 4 is 0 Å². The van der Waals surface area contributed by atoms with E-state index in [9.17, 15) is 9.90 Å². The summed E-state index contributed by atoms with van der Waals surface area (Å²) in [5.74, 6) is 0.304. The van der Waals surface area contributed by atoms with Gasteiger partial charge in [0.25, 0.3) is 5.56 Å². The first-order chi connectivity index (χ1) is 9.13. The number of methoxy groups -OCH3 is 1. The molecule has 2 rings (SSSR count). The number of H-pyrrole nitrogens is 1. The minimum absolute atomic E-state index is 0.165. The average molecular weight is 266 g/mol. The first kappa shape index (κ1) is 14.1. The molecule has 0 saturated heterocycles. The van der Waals surface area contributed by atoms with E-state index in [4.69, 9.17) is 4.74 Å². The van der Waals surface area contributed by atoms with Gasteiger partial charge in [-0.2, -0.15) is 4.98 Å². The molecule has 1 saturated carbocycles. The topological polar surface area (TPSA) is 75.2 Å². The summed E-state index contributed by atoms with van der Waals surface area (Å²) in [5.41, 5.74) is -0.478. The smallest absolute Gasteiger partial charge is 0.258 e. The van der Waals surface area contributed by atoms with Gasteiger partial charge in [0.05, 0.1) is 5.56 Å². The maximum Gasteiger partial charge on any atom is 0.258 e. The Morgan fingerprint density at radius 1 is 1.32 bits per heavy atom. The van der Waals surface area contributed by atoms with Crippen LogP contribution in [-0.4, -0.2) is 22.2 Å². The van der Waals surface area contributed by atoms with Crippen LogP contribution in [0.2, 0.25) is 0 Å². The van der Waals surface area contributed by atoms with Gasteiger partial charge in [0, 0.05) is 7.11 Å². The summed E-state index contributed by atoms with van der Waals surface area (Å²) >= 11 is 0. The van der Waals surface area contributed by atoms with E-state index in [1.54, 1.807) is 7.11 Å². The second kappa shape index (κ2) is 5.74. The number of aromatic amines is 1. The van der Waals surface area contributed by atoms with E-state index in [1.165, 1.54) is 12.8 Å². The number of aromatic hydroxyl groups is 1. The second-order valence-corrected chi connectivity index (χ2v) is 5.18. The van der Waals surface area contributed by atoms with Gasteiger partial charge in [-0.3, -0.25) is 4.79 Å². The van der Waals surface area contributed by atoms with Gasteiger partial charge in [0.15, 0.2) is 0 Å². The highest BCUT2D eigenvalue weighted by Crippen LogP contribution is 2.37. The van der Waals surface area contributed by atoms with Crippen molar-refractivity contribution in [2.75, 3.05) is 7.11 Å². The Hall–Kier alpha value is -1.36. The number of hydrogen-bond acceptors (Lipinski definition) is 4. The summed E-state index contributed by atoms with van der Waals surface area (Å²) in [6, 6.07) is 0. The summed E-state index contributed by atoms with van der Waals surface area (Å²) in [4.78, 5) is 19.0. The molecule has 0 spiro atoms. The zero-order valence-corrected chi connectivity index (χ0v) is 11.7. The third-order valence-corrected chi connectivity index (χ3v) is 4.08. The van der Waals surface area contributed by atoms with E-state index in [-0.39, 0.29) is 11.4 Å². The highest BCUT2D eigenvalue weighted by molar-refractivity contribution is 5.24. The summed E-state index contributed by atoms with van der Waals surface area (Å²) in [7, 11) is 1.65. The molecule has 0 unspecified atom stereocenters. The van der Waals surface area contributed by atoms with Gasteiger partial charge in [-0.15, -0.1) is 0 Å². The quantitative estimate of drug-likeness (QED) is 0.823. The lowest BCUT2D eigenvalue weighted by Gasteiger charge is -2.30. The number of hydrogen-bond donors (Lipinski definition) is 2. The molecule has 0 atom stereocenters. The number of rotatable bonds is 3. The normalized spacial score (nSPS) is 19.1. The van der Waals surface area contributed by atoms with E-state index < -0.39 is 5.60 Å². The second-order valence-electron chi connectivity index (χ2n) is 5.18. The largest absolute Gasteiger partial charge is 0.493 e. The van der Waals surface area contributed by atoms with Crippen molar-refractivity contribution < 1.29 is 9.84 Å². The molecule has 2 N–H and O–H groups in total.